The third kappa shape index (κ3) is 7.25. The van der Waals surface area contributed by atoms with Crippen LogP contribution in [0.2, 0.25) is 0 Å². The van der Waals surface area contributed by atoms with Gasteiger partial charge in [-0.05, 0) is 26.3 Å². The molecule has 0 saturated carbocycles. The predicted octanol–water partition coefficient (Wildman–Crippen LogP) is 1.55. The van der Waals surface area contributed by atoms with Gasteiger partial charge in [0.1, 0.15) is 0 Å². The van der Waals surface area contributed by atoms with Crippen molar-refractivity contribution in [1.29, 1.82) is 0 Å². The second kappa shape index (κ2) is 11.7. The molecule has 9 heteroatoms. The third-order valence-electron chi connectivity index (χ3n) is 4.75. The average Bonchev–Trinajstić information content (AvgIpc) is 3.17. The summed E-state index contributed by atoms with van der Waals surface area (Å²) in [5.41, 5.74) is 0. The SMILES string of the molecule is CCNC(=NCCCN1CCN(c2ncccn2)CC1)NCCc1ncc(C)s1. The first-order chi connectivity index (χ1) is 14.2. The second-order valence-corrected chi connectivity index (χ2v) is 8.35. The van der Waals surface area contributed by atoms with E-state index in [9.17, 15) is 0 Å². The molecule has 1 fully saturated rings. The van der Waals surface area contributed by atoms with Crippen molar-refractivity contribution >= 4 is 23.2 Å². The van der Waals surface area contributed by atoms with Gasteiger partial charge >= 0.3 is 0 Å². The van der Waals surface area contributed by atoms with Gasteiger partial charge in [0.05, 0.1) is 5.01 Å². The zero-order valence-electron chi connectivity index (χ0n) is 17.5. The van der Waals surface area contributed by atoms with Gasteiger partial charge in [-0.1, -0.05) is 0 Å². The predicted molar refractivity (Wildman–Crippen MR) is 120 cm³/mol. The summed E-state index contributed by atoms with van der Waals surface area (Å²) in [4.78, 5) is 23.8. The van der Waals surface area contributed by atoms with E-state index in [1.54, 1.807) is 23.7 Å². The third-order valence-corrected chi connectivity index (χ3v) is 5.73. The number of nitrogens with one attached hydrogen (secondary N) is 2. The Kier molecular flexibility index (Phi) is 8.63. The van der Waals surface area contributed by atoms with Crippen molar-refractivity contribution in [3.8, 4) is 0 Å². The van der Waals surface area contributed by atoms with Gasteiger partial charge in [0.25, 0.3) is 0 Å². The van der Waals surface area contributed by atoms with Gasteiger partial charge in [-0.3, -0.25) is 9.89 Å². The summed E-state index contributed by atoms with van der Waals surface area (Å²) in [7, 11) is 0. The van der Waals surface area contributed by atoms with E-state index < -0.39 is 0 Å². The van der Waals surface area contributed by atoms with Gasteiger partial charge in [-0.2, -0.15) is 0 Å². The van der Waals surface area contributed by atoms with E-state index in [4.69, 9.17) is 4.99 Å². The fourth-order valence-corrected chi connectivity index (χ4v) is 4.04. The molecule has 3 rings (SSSR count). The average molecular weight is 417 g/mol. The van der Waals surface area contributed by atoms with Gasteiger partial charge in [0, 0.05) is 82.2 Å². The van der Waals surface area contributed by atoms with E-state index >= 15 is 0 Å². The molecule has 1 saturated heterocycles. The lowest BCUT2D eigenvalue weighted by Gasteiger charge is -2.34. The fraction of sp³-hybridized carbons (Fsp3) is 0.600. The van der Waals surface area contributed by atoms with Crippen molar-refractivity contribution in [1.82, 2.24) is 30.5 Å². The number of anilines is 1. The number of aliphatic imine (C=N–C) groups is 1. The molecule has 1 aliphatic heterocycles. The number of aryl methyl sites for hydroxylation is 1. The number of hydrogen-bond donors (Lipinski definition) is 2. The maximum absolute atomic E-state index is 4.72. The van der Waals surface area contributed by atoms with E-state index in [0.29, 0.717) is 0 Å². The van der Waals surface area contributed by atoms with Crippen LogP contribution in [-0.2, 0) is 6.42 Å². The van der Waals surface area contributed by atoms with Crippen LogP contribution in [0.1, 0.15) is 23.2 Å². The summed E-state index contributed by atoms with van der Waals surface area (Å²) in [5, 5.41) is 7.91. The van der Waals surface area contributed by atoms with Crippen LogP contribution in [-0.4, -0.2) is 78.2 Å². The fourth-order valence-electron chi connectivity index (χ4n) is 3.26. The summed E-state index contributed by atoms with van der Waals surface area (Å²) in [5.74, 6) is 1.73. The van der Waals surface area contributed by atoms with Crippen LogP contribution in [0.5, 0.6) is 0 Å². The molecule has 1 aliphatic rings. The second-order valence-electron chi connectivity index (χ2n) is 7.03. The van der Waals surface area contributed by atoms with Gasteiger partial charge in [0.15, 0.2) is 5.96 Å². The lowest BCUT2D eigenvalue weighted by molar-refractivity contribution is 0.255. The molecule has 0 bridgehead atoms. The van der Waals surface area contributed by atoms with Gasteiger partial charge in [0.2, 0.25) is 5.95 Å². The normalized spacial score (nSPS) is 15.5. The first-order valence-electron chi connectivity index (χ1n) is 10.4. The molecule has 0 aliphatic carbocycles. The number of thiazole rings is 1. The molecule has 29 heavy (non-hydrogen) atoms. The lowest BCUT2D eigenvalue weighted by atomic mass is 10.3. The smallest absolute Gasteiger partial charge is 0.225 e. The molecule has 0 atom stereocenters. The highest BCUT2D eigenvalue weighted by molar-refractivity contribution is 7.11. The first kappa shape index (κ1) is 21.4. The highest BCUT2D eigenvalue weighted by Gasteiger charge is 2.18. The van der Waals surface area contributed by atoms with Crippen molar-refractivity contribution in [2.45, 2.75) is 26.7 Å². The van der Waals surface area contributed by atoms with E-state index in [1.807, 2.05) is 12.3 Å². The molecule has 2 aromatic heterocycles. The monoisotopic (exact) mass is 416 g/mol. The zero-order chi connectivity index (χ0) is 20.3. The van der Waals surface area contributed by atoms with Crippen molar-refractivity contribution < 1.29 is 0 Å². The Morgan fingerprint density at radius 2 is 1.93 bits per heavy atom. The minimum absolute atomic E-state index is 0.827. The van der Waals surface area contributed by atoms with Gasteiger partial charge in [-0.25, -0.2) is 15.0 Å². The molecular weight excluding hydrogens is 384 g/mol. The highest BCUT2D eigenvalue weighted by atomic mass is 32.1. The van der Waals surface area contributed by atoms with Crippen LogP contribution in [0.3, 0.4) is 0 Å². The molecule has 0 aromatic carbocycles. The van der Waals surface area contributed by atoms with Crippen LogP contribution in [0.4, 0.5) is 5.95 Å². The van der Waals surface area contributed by atoms with Crippen LogP contribution >= 0.6 is 11.3 Å². The van der Waals surface area contributed by atoms with Crippen molar-refractivity contribution in [2.24, 2.45) is 4.99 Å². The van der Waals surface area contributed by atoms with Crippen LogP contribution in [0, 0.1) is 6.92 Å². The summed E-state index contributed by atoms with van der Waals surface area (Å²) in [6.07, 6.45) is 7.54. The lowest BCUT2D eigenvalue weighted by Crippen LogP contribution is -2.47. The molecule has 0 unspecified atom stereocenters. The molecule has 0 radical (unpaired) electrons. The summed E-state index contributed by atoms with van der Waals surface area (Å²) in [6.45, 7) is 11.9. The quantitative estimate of drug-likeness (QED) is 0.365. The number of aromatic nitrogens is 3. The summed E-state index contributed by atoms with van der Waals surface area (Å²) in [6, 6.07) is 1.86. The van der Waals surface area contributed by atoms with Crippen molar-refractivity contribution in [3.05, 3.63) is 34.5 Å². The molecule has 0 amide bonds. The standard InChI is InChI=1S/C20H32N8S/c1-3-21-19(23-10-6-18-26-16-17(2)29-18)22-9-5-11-27-12-14-28(15-13-27)20-24-7-4-8-25-20/h4,7-8,16H,3,5-6,9-15H2,1-2H3,(H2,21,22,23). The molecule has 158 valence electrons. The van der Waals surface area contributed by atoms with E-state index in [-0.39, 0.29) is 0 Å². The summed E-state index contributed by atoms with van der Waals surface area (Å²) >= 11 is 1.76. The van der Waals surface area contributed by atoms with Crippen LogP contribution < -0.4 is 15.5 Å². The maximum atomic E-state index is 4.72. The van der Waals surface area contributed by atoms with Gasteiger partial charge in [-0.15, -0.1) is 11.3 Å². The number of guanidine groups is 1. The molecular formula is C20H32N8S. The number of piperazine rings is 1. The van der Waals surface area contributed by atoms with E-state index in [1.165, 1.54) is 9.88 Å². The Balaban J connectivity index is 1.33. The molecule has 0 spiro atoms. The first-order valence-corrected chi connectivity index (χ1v) is 11.2. The van der Waals surface area contributed by atoms with Crippen LogP contribution in [0.15, 0.2) is 29.6 Å². The Morgan fingerprint density at radius 1 is 1.14 bits per heavy atom. The Hall–Kier alpha value is -2.26. The molecule has 8 nitrogen and oxygen atoms in total. The minimum atomic E-state index is 0.827. The van der Waals surface area contributed by atoms with Gasteiger partial charge < -0.3 is 15.5 Å². The largest absolute Gasteiger partial charge is 0.357 e. The minimum Gasteiger partial charge on any atom is -0.357 e. The number of hydrogen-bond acceptors (Lipinski definition) is 7. The van der Waals surface area contributed by atoms with E-state index in [2.05, 4.69) is 49.2 Å². The topological polar surface area (TPSA) is 81.6 Å². The molecule has 3 heterocycles. The summed E-state index contributed by atoms with van der Waals surface area (Å²) < 4.78 is 0. The highest BCUT2D eigenvalue weighted by Crippen LogP contribution is 2.11. The Bertz CT molecular complexity index is 740. The zero-order valence-corrected chi connectivity index (χ0v) is 18.3. The van der Waals surface area contributed by atoms with Crippen LogP contribution in [0.25, 0.3) is 0 Å². The number of rotatable bonds is 9. The maximum Gasteiger partial charge on any atom is 0.225 e. The molecule has 2 N–H and O–H groups in total. The van der Waals surface area contributed by atoms with E-state index in [0.717, 1.165) is 77.1 Å². The Labute approximate surface area is 177 Å². The van der Waals surface area contributed by atoms with Crippen molar-refractivity contribution in [3.63, 3.8) is 0 Å². The Morgan fingerprint density at radius 3 is 2.62 bits per heavy atom. The number of nitrogens with zero attached hydrogens (tertiary/aromatic N) is 6. The van der Waals surface area contributed by atoms with Crippen molar-refractivity contribution in [2.75, 3.05) is 57.3 Å². The molecule has 2 aromatic rings.